The number of nitrogens with zero attached hydrogens (tertiary/aromatic N) is 2. The Labute approximate surface area is 151 Å². The van der Waals surface area contributed by atoms with Crippen molar-refractivity contribution < 1.29 is 8.42 Å². The summed E-state index contributed by atoms with van der Waals surface area (Å²) in [6.07, 6.45) is 4.69. The molecule has 2 N–H and O–H groups in total. The molecule has 0 aromatic heterocycles. The molecular weight excluding hydrogens is 336 g/mol. The number of nitrogens with one attached hydrogen (secondary N) is 2. The summed E-state index contributed by atoms with van der Waals surface area (Å²) in [7, 11) is -1.37. The first-order valence-corrected chi connectivity index (χ1v) is 10.8. The maximum absolute atomic E-state index is 11.5. The first-order valence-electron chi connectivity index (χ1n) is 8.91. The average molecular weight is 367 g/mol. The fourth-order valence-corrected chi connectivity index (χ4v) is 3.68. The highest BCUT2D eigenvalue weighted by Crippen LogP contribution is 2.11. The van der Waals surface area contributed by atoms with Crippen molar-refractivity contribution in [3.05, 3.63) is 29.8 Å². The highest BCUT2D eigenvalue weighted by molar-refractivity contribution is 7.90. The topological polar surface area (TPSA) is 73.8 Å². The van der Waals surface area contributed by atoms with Gasteiger partial charge in [-0.1, -0.05) is 19.1 Å². The normalized spacial score (nSPS) is 17.5. The van der Waals surface area contributed by atoms with Crippen LogP contribution in [0.5, 0.6) is 0 Å². The highest BCUT2D eigenvalue weighted by atomic mass is 32.2. The molecule has 1 aliphatic rings. The zero-order valence-electron chi connectivity index (χ0n) is 15.5. The molecule has 0 aliphatic carbocycles. The lowest BCUT2D eigenvalue weighted by atomic mass is 10.1. The third-order valence-electron chi connectivity index (χ3n) is 4.50. The quantitative estimate of drug-likeness (QED) is 0.591. The van der Waals surface area contributed by atoms with Gasteiger partial charge in [0.25, 0.3) is 0 Å². The van der Waals surface area contributed by atoms with E-state index in [1.807, 2.05) is 12.1 Å². The molecule has 2 rings (SSSR count). The number of hydrogen-bond donors (Lipinski definition) is 2. The smallest absolute Gasteiger partial charge is 0.191 e. The molecule has 1 aliphatic heterocycles. The highest BCUT2D eigenvalue weighted by Gasteiger charge is 2.19. The summed E-state index contributed by atoms with van der Waals surface area (Å²) >= 11 is 0. The fourth-order valence-electron chi connectivity index (χ4n) is 3.05. The van der Waals surface area contributed by atoms with Crippen molar-refractivity contribution in [2.75, 3.05) is 32.9 Å². The predicted octanol–water partition coefficient (Wildman–Crippen LogP) is 1.63. The van der Waals surface area contributed by atoms with Gasteiger partial charge in [0.1, 0.15) is 0 Å². The molecular formula is C18H30N4O2S. The third kappa shape index (κ3) is 6.32. The van der Waals surface area contributed by atoms with Crippen LogP contribution in [0.1, 0.15) is 31.7 Å². The Balaban J connectivity index is 1.81. The van der Waals surface area contributed by atoms with Crippen molar-refractivity contribution in [2.24, 2.45) is 4.99 Å². The van der Waals surface area contributed by atoms with Gasteiger partial charge in [0.05, 0.1) is 4.90 Å². The van der Waals surface area contributed by atoms with Crippen molar-refractivity contribution in [1.29, 1.82) is 0 Å². The lowest BCUT2D eigenvalue weighted by Crippen LogP contribution is -2.48. The molecule has 1 fully saturated rings. The Bertz CT molecular complexity index is 663. The predicted molar refractivity (Wildman–Crippen MR) is 103 cm³/mol. The lowest BCUT2D eigenvalue weighted by Gasteiger charge is -2.32. The van der Waals surface area contributed by atoms with Crippen LogP contribution in [-0.4, -0.2) is 58.3 Å². The van der Waals surface area contributed by atoms with Crippen LogP contribution in [0.25, 0.3) is 0 Å². The summed E-state index contributed by atoms with van der Waals surface area (Å²) in [6, 6.07) is 7.41. The van der Waals surface area contributed by atoms with E-state index in [1.165, 1.54) is 19.2 Å². The number of sulfone groups is 1. The van der Waals surface area contributed by atoms with Crippen LogP contribution in [0.2, 0.25) is 0 Å². The Morgan fingerprint density at radius 2 is 1.88 bits per heavy atom. The summed E-state index contributed by atoms with van der Waals surface area (Å²) < 4.78 is 23.0. The summed E-state index contributed by atoms with van der Waals surface area (Å²) in [4.78, 5) is 7.15. The summed E-state index contributed by atoms with van der Waals surface area (Å²) in [5, 5.41) is 6.79. The molecule has 6 nitrogen and oxygen atoms in total. The zero-order valence-corrected chi connectivity index (χ0v) is 16.3. The molecule has 7 heteroatoms. The van der Waals surface area contributed by atoms with Crippen molar-refractivity contribution in [3.8, 4) is 0 Å². The molecule has 0 atom stereocenters. The fraction of sp³-hybridized carbons (Fsp3) is 0.611. The first-order chi connectivity index (χ1) is 11.9. The number of piperidine rings is 1. The molecule has 0 bridgehead atoms. The second kappa shape index (κ2) is 9.20. The van der Waals surface area contributed by atoms with Gasteiger partial charge in [0.2, 0.25) is 0 Å². The Hall–Kier alpha value is -1.60. The minimum atomic E-state index is -3.14. The van der Waals surface area contributed by atoms with Crippen LogP contribution < -0.4 is 10.6 Å². The van der Waals surface area contributed by atoms with Crippen LogP contribution in [-0.2, 0) is 16.4 Å². The first kappa shape index (κ1) is 19.7. The third-order valence-corrected chi connectivity index (χ3v) is 5.63. The van der Waals surface area contributed by atoms with E-state index in [1.54, 1.807) is 19.2 Å². The number of benzene rings is 1. The number of aliphatic imine (C=N–C) groups is 1. The Morgan fingerprint density at radius 3 is 2.40 bits per heavy atom. The Morgan fingerprint density at radius 1 is 1.24 bits per heavy atom. The van der Waals surface area contributed by atoms with Gasteiger partial charge in [-0.15, -0.1) is 0 Å². The maximum atomic E-state index is 11.5. The van der Waals surface area contributed by atoms with E-state index in [2.05, 4.69) is 27.4 Å². The van der Waals surface area contributed by atoms with Gasteiger partial charge in [-0.2, -0.15) is 0 Å². The van der Waals surface area contributed by atoms with Gasteiger partial charge in [-0.3, -0.25) is 4.99 Å². The van der Waals surface area contributed by atoms with E-state index in [0.29, 0.717) is 17.5 Å². The van der Waals surface area contributed by atoms with Gasteiger partial charge in [0.15, 0.2) is 15.8 Å². The van der Waals surface area contributed by atoms with Gasteiger partial charge in [-0.05, 0) is 43.5 Å². The van der Waals surface area contributed by atoms with Gasteiger partial charge < -0.3 is 15.5 Å². The van der Waals surface area contributed by atoms with E-state index < -0.39 is 9.84 Å². The standard InChI is InChI=1S/C18H30N4O2S/c1-4-11-22-12-9-16(10-13-22)21-18(19-2)20-14-15-5-7-17(8-6-15)25(3,23)24/h5-8,16H,4,9-14H2,1-3H3,(H2,19,20,21). The average Bonchev–Trinajstić information content (AvgIpc) is 2.60. The van der Waals surface area contributed by atoms with Crippen molar-refractivity contribution in [2.45, 2.75) is 43.7 Å². The molecule has 1 aromatic carbocycles. The summed E-state index contributed by atoms with van der Waals surface area (Å²) in [5.74, 6) is 0.793. The lowest BCUT2D eigenvalue weighted by molar-refractivity contribution is 0.206. The van der Waals surface area contributed by atoms with Gasteiger partial charge >= 0.3 is 0 Å². The van der Waals surface area contributed by atoms with Crippen LogP contribution >= 0.6 is 0 Å². The van der Waals surface area contributed by atoms with Crippen LogP contribution in [0.4, 0.5) is 0 Å². The molecule has 1 saturated heterocycles. The van der Waals surface area contributed by atoms with Crippen LogP contribution in [0.3, 0.4) is 0 Å². The molecule has 0 radical (unpaired) electrons. The SMILES string of the molecule is CCCN1CCC(NC(=NC)NCc2ccc(S(C)(=O)=O)cc2)CC1. The zero-order chi connectivity index (χ0) is 18.3. The molecule has 0 spiro atoms. The monoisotopic (exact) mass is 366 g/mol. The second-order valence-corrected chi connectivity index (χ2v) is 8.62. The second-order valence-electron chi connectivity index (χ2n) is 6.60. The van der Waals surface area contributed by atoms with Crippen molar-refractivity contribution >= 4 is 15.8 Å². The molecule has 1 heterocycles. The minimum Gasteiger partial charge on any atom is -0.354 e. The molecule has 1 aromatic rings. The maximum Gasteiger partial charge on any atom is 0.191 e. The summed E-state index contributed by atoms with van der Waals surface area (Å²) in [6.45, 7) is 6.28. The molecule has 25 heavy (non-hydrogen) atoms. The van der Waals surface area contributed by atoms with Crippen LogP contribution in [0, 0.1) is 0 Å². The van der Waals surface area contributed by atoms with E-state index in [0.717, 1.165) is 37.5 Å². The number of likely N-dealkylation sites (tertiary alicyclic amines) is 1. The summed E-state index contributed by atoms with van der Waals surface area (Å²) in [5.41, 5.74) is 1.02. The minimum absolute atomic E-state index is 0.345. The van der Waals surface area contributed by atoms with E-state index >= 15 is 0 Å². The Kier molecular flexibility index (Phi) is 7.25. The number of hydrogen-bond acceptors (Lipinski definition) is 4. The van der Waals surface area contributed by atoms with E-state index in [4.69, 9.17) is 0 Å². The number of rotatable bonds is 6. The molecule has 0 amide bonds. The largest absolute Gasteiger partial charge is 0.354 e. The molecule has 0 unspecified atom stereocenters. The van der Waals surface area contributed by atoms with E-state index in [-0.39, 0.29) is 0 Å². The van der Waals surface area contributed by atoms with Crippen LogP contribution in [0.15, 0.2) is 34.2 Å². The van der Waals surface area contributed by atoms with Gasteiger partial charge in [-0.25, -0.2) is 8.42 Å². The molecule has 140 valence electrons. The van der Waals surface area contributed by atoms with Crippen molar-refractivity contribution in [3.63, 3.8) is 0 Å². The van der Waals surface area contributed by atoms with Gasteiger partial charge in [0, 0.05) is 39.0 Å². The van der Waals surface area contributed by atoms with Crippen molar-refractivity contribution in [1.82, 2.24) is 15.5 Å². The van der Waals surface area contributed by atoms with E-state index in [9.17, 15) is 8.42 Å². The molecule has 0 saturated carbocycles. The number of guanidine groups is 1.